The maximum atomic E-state index is 10.4. The van der Waals surface area contributed by atoms with Gasteiger partial charge in [-0.15, -0.1) is 0 Å². The van der Waals surface area contributed by atoms with Crippen LogP contribution < -0.4 is 0 Å². The molecule has 0 aromatic heterocycles. The number of rotatable bonds is 1. The Hall–Kier alpha value is 0.310. The van der Waals surface area contributed by atoms with E-state index >= 15 is 0 Å². The van der Waals surface area contributed by atoms with Gasteiger partial charge in [0, 0.05) is 0 Å². The molecule has 1 nitrogen and oxygen atoms in total. The van der Waals surface area contributed by atoms with Gasteiger partial charge in [0.2, 0.25) is 0 Å². The van der Waals surface area contributed by atoms with Crippen LogP contribution in [0.3, 0.4) is 0 Å². The fourth-order valence-electron chi connectivity index (χ4n) is 0.621. The van der Waals surface area contributed by atoms with Crippen molar-refractivity contribution < 1.29 is 4.55 Å². The second kappa shape index (κ2) is 2.05. The van der Waals surface area contributed by atoms with Crippen molar-refractivity contribution in [2.24, 2.45) is 5.92 Å². The van der Waals surface area contributed by atoms with Gasteiger partial charge in [0.25, 0.3) is 0 Å². The molecule has 7 heavy (non-hydrogen) atoms. The van der Waals surface area contributed by atoms with E-state index in [9.17, 15) is 4.55 Å². The van der Waals surface area contributed by atoms with Crippen LogP contribution in [0.25, 0.3) is 0 Å². The van der Waals surface area contributed by atoms with Crippen molar-refractivity contribution in [2.75, 3.05) is 11.5 Å². The van der Waals surface area contributed by atoms with Crippen LogP contribution in [-0.4, -0.2) is 16.1 Å². The van der Waals surface area contributed by atoms with Gasteiger partial charge in [-0.2, -0.15) is 0 Å². The molecule has 0 saturated carbocycles. The fourth-order valence-corrected chi connectivity index (χ4v) is 1.86. The summed E-state index contributed by atoms with van der Waals surface area (Å²) in [7, 11) is 0. The molecule has 0 N–H and O–H groups in total. The summed E-state index contributed by atoms with van der Waals surface area (Å²) in [5.41, 5.74) is 0. The first-order valence-electron chi connectivity index (χ1n) is 2.47. The lowest BCUT2D eigenvalue weighted by atomic mass is 10.1. The van der Waals surface area contributed by atoms with Crippen LogP contribution in [0, 0.1) is 12.3 Å². The van der Waals surface area contributed by atoms with Gasteiger partial charge in [-0.3, -0.25) is 0 Å². The van der Waals surface area contributed by atoms with E-state index in [2.05, 4.69) is 6.42 Å². The maximum Gasteiger partial charge on any atom is 0.113 e. The van der Waals surface area contributed by atoms with Gasteiger partial charge in [-0.1, -0.05) is 18.1 Å². The zero-order chi connectivity index (χ0) is 5.28. The molecule has 1 saturated heterocycles. The third-order valence-corrected chi connectivity index (χ3v) is 2.87. The Labute approximate surface area is 47.3 Å². The summed E-state index contributed by atoms with van der Waals surface area (Å²) < 4.78 is 10.4. The number of hydrogen-bond acceptors (Lipinski definition) is 1. The summed E-state index contributed by atoms with van der Waals surface area (Å²) in [5.74, 6) is 2.49. The Kier molecular flexibility index (Phi) is 1.60. The first kappa shape index (κ1) is 5.45. The monoisotopic (exact) mass is 117 g/mol. The van der Waals surface area contributed by atoms with Crippen molar-refractivity contribution in [1.29, 1.82) is 0 Å². The average molecular weight is 117 g/mol. The fraction of sp³-hybridized carbons (Fsp3) is 0.800. The van der Waals surface area contributed by atoms with Crippen molar-refractivity contribution in [3.8, 4) is 0 Å². The summed E-state index contributed by atoms with van der Waals surface area (Å²) in [4.78, 5) is 0. The van der Waals surface area contributed by atoms with Gasteiger partial charge in [0.15, 0.2) is 0 Å². The first-order valence-corrected chi connectivity index (χ1v) is 3.96. The van der Waals surface area contributed by atoms with Gasteiger partial charge in [-0.25, -0.2) is 0 Å². The van der Waals surface area contributed by atoms with Crippen LogP contribution in [0.4, 0.5) is 0 Å². The second-order valence-electron chi connectivity index (χ2n) is 1.87. The lowest BCUT2D eigenvalue weighted by Gasteiger charge is -2.27. The Morgan fingerprint density at radius 2 is 2.29 bits per heavy atom. The standard InChI is InChI=1S/C5H9OS/c1-2-5-3-7(6)4-5/h2,5H,3-4H2,1H3. The highest BCUT2D eigenvalue weighted by atomic mass is 32.2. The van der Waals surface area contributed by atoms with Gasteiger partial charge < -0.3 is 4.55 Å². The van der Waals surface area contributed by atoms with E-state index in [4.69, 9.17) is 0 Å². The topological polar surface area (TPSA) is 23.1 Å². The van der Waals surface area contributed by atoms with E-state index in [-0.39, 0.29) is 0 Å². The molecule has 41 valence electrons. The number of hydrogen-bond donors (Lipinski definition) is 0. The Balaban J connectivity index is 2.06. The molecule has 1 rings (SSSR count). The second-order valence-corrected chi connectivity index (χ2v) is 3.41. The molecule has 1 heterocycles. The van der Waals surface area contributed by atoms with Crippen molar-refractivity contribution in [3.63, 3.8) is 0 Å². The van der Waals surface area contributed by atoms with Crippen LogP contribution >= 0.6 is 0 Å². The third kappa shape index (κ3) is 1.10. The van der Waals surface area contributed by atoms with E-state index in [1.54, 1.807) is 0 Å². The summed E-state index contributed by atoms with van der Waals surface area (Å²) in [6.45, 7) is 2.03. The van der Waals surface area contributed by atoms with Crippen molar-refractivity contribution in [2.45, 2.75) is 6.92 Å². The predicted molar refractivity (Wildman–Crippen MR) is 31.3 cm³/mol. The molecule has 2 heteroatoms. The summed E-state index contributed by atoms with van der Waals surface area (Å²) in [5, 5.41) is 0. The molecule has 0 aromatic rings. The quantitative estimate of drug-likeness (QED) is 0.461. The minimum Gasteiger partial charge on any atom is -0.616 e. The smallest absolute Gasteiger partial charge is 0.113 e. The summed E-state index contributed by atoms with van der Waals surface area (Å²) in [6.07, 6.45) is 2.13. The van der Waals surface area contributed by atoms with Crippen molar-refractivity contribution >= 4 is 11.2 Å². The van der Waals surface area contributed by atoms with Crippen LogP contribution in [0.1, 0.15) is 6.92 Å². The lowest BCUT2D eigenvalue weighted by molar-refractivity contribution is 0.548. The Morgan fingerprint density at radius 3 is 2.43 bits per heavy atom. The predicted octanol–water partition coefficient (Wildman–Crippen LogP) is 0.589. The van der Waals surface area contributed by atoms with Crippen LogP contribution in [-0.2, 0) is 11.2 Å². The molecule has 0 spiro atoms. The minimum atomic E-state index is -0.453. The normalized spacial score (nSPS) is 40.3. The zero-order valence-corrected chi connectivity index (χ0v) is 5.20. The van der Waals surface area contributed by atoms with Crippen molar-refractivity contribution in [3.05, 3.63) is 6.42 Å². The van der Waals surface area contributed by atoms with Crippen LogP contribution in [0.2, 0.25) is 0 Å². The van der Waals surface area contributed by atoms with E-state index in [1.807, 2.05) is 6.92 Å². The summed E-state index contributed by atoms with van der Waals surface area (Å²) >= 11 is -0.453. The molecule has 1 aliphatic rings. The van der Waals surface area contributed by atoms with Gasteiger partial charge in [0.1, 0.15) is 11.5 Å². The average Bonchev–Trinajstić information content (AvgIpc) is 1.58. The third-order valence-electron chi connectivity index (χ3n) is 1.27. The largest absolute Gasteiger partial charge is 0.616 e. The van der Waals surface area contributed by atoms with E-state index in [0.29, 0.717) is 5.92 Å². The molecule has 1 fully saturated rings. The SMILES string of the molecule is C[CH]C1C[S+]([O-])C1. The molecule has 0 aromatic carbocycles. The molecule has 1 aliphatic heterocycles. The molecule has 0 aliphatic carbocycles. The maximum absolute atomic E-state index is 10.4. The molecule has 0 bridgehead atoms. The first-order chi connectivity index (χ1) is 3.33. The Morgan fingerprint density at radius 1 is 1.71 bits per heavy atom. The highest BCUT2D eigenvalue weighted by molar-refractivity contribution is 7.92. The molecule has 0 amide bonds. The van der Waals surface area contributed by atoms with Crippen LogP contribution in [0.15, 0.2) is 0 Å². The van der Waals surface area contributed by atoms with E-state index < -0.39 is 11.2 Å². The van der Waals surface area contributed by atoms with Gasteiger partial charge in [-0.05, 0) is 6.42 Å². The van der Waals surface area contributed by atoms with Crippen molar-refractivity contribution in [1.82, 2.24) is 0 Å². The van der Waals surface area contributed by atoms with Crippen LogP contribution in [0.5, 0.6) is 0 Å². The highest BCUT2D eigenvalue weighted by Crippen LogP contribution is 2.19. The molecule has 0 unspecified atom stereocenters. The minimum absolute atomic E-state index is 0.453. The Bertz CT molecular complexity index is 59.1. The van der Waals surface area contributed by atoms with Gasteiger partial charge >= 0.3 is 0 Å². The molecule has 1 radical (unpaired) electrons. The van der Waals surface area contributed by atoms with Gasteiger partial charge in [0.05, 0.1) is 5.92 Å². The highest BCUT2D eigenvalue weighted by Gasteiger charge is 2.29. The zero-order valence-electron chi connectivity index (χ0n) is 4.39. The van der Waals surface area contributed by atoms with E-state index in [1.165, 1.54) is 0 Å². The lowest BCUT2D eigenvalue weighted by Crippen LogP contribution is -2.35. The molecular weight excluding hydrogens is 108 g/mol. The molecule has 0 atom stereocenters. The molecular formula is C5H9OS. The summed E-state index contributed by atoms with van der Waals surface area (Å²) in [6, 6.07) is 0. The van der Waals surface area contributed by atoms with E-state index in [0.717, 1.165) is 11.5 Å².